The molecule has 0 bridgehead atoms. The first-order chi connectivity index (χ1) is 8.04. The summed E-state index contributed by atoms with van der Waals surface area (Å²) >= 11 is 1.77. The number of nitrogen functional groups attached to an aromatic ring is 1. The van der Waals surface area contributed by atoms with E-state index >= 15 is 0 Å². The lowest BCUT2D eigenvalue weighted by molar-refractivity contribution is -0.384. The van der Waals surface area contributed by atoms with Crippen LogP contribution in [-0.2, 0) is 5.75 Å². The molecular formula is C11H17N3O2S. The van der Waals surface area contributed by atoms with E-state index in [1.165, 1.54) is 0 Å². The molecule has 6 heteroatoms. The fraction of sp³-hybridized carbons (Fsp3) is 0.455. The topological polar surface area (TPSA) is 81.2 Å². The molecule has 1 rings (SSSR count). The molecule has 0 atom stereocenters. The van der Waals surface area contributed by atoms with Crippen molar-refractivity contribution in [3.63, 3.8) is 0 Å². The molecule has 0 saturated heterocycles. The molecule has 94 valence electrons. The Morgan fingerprint density at radius 2 is 2.24 bits per heavy atom. The Bertz CT molecular complexity index is 396. The monoisotopic (exact) mass is 255 g/mol. The molecule has 0 aliphatic rings. The van der Waals surface area contributed by atoms with Gasteiger partial charge in [0, 0.05) is 11.8 Å². The van der Waals surface area contributed by atoms with Crippen LogP contribution < -0.4 is 11.3 Å². The Hall–Kier alpha value is -1.27. The summed E-state index contributed by atoms with van der Waals surface area (Å²) in [5, 5.41) is 10.8. The molecule has 0 spiro atoms. The van der Waals surface area contributed by atoms with E-state index in [0.29, 0.717) is 11.6 Å². The fourth-order valence-corrected chi connectivity index (χ4v) is 2.36. The van der Waals surface area contributed by atoms with Gasteiger partial charge in [-0.2, -0.15) is 11.8 Å². The summed E-state index contributed by atoms with van der Waals surface area (Å²) in [7, 11) is 0. The number of anilines is 1. The van der Waals surface area contributed by atoms with Crippen LogP contribution in [0.5, 0.6) is 0 Å². The Morgan fingerprint density at radius 3 is 2.76 bits per heavy atom. The van der Waals surface area contributed by atoms with Gasteiger partial charge >= 0.3 is 0 Å². The van der Waals surface area contributed by atoms with Gasteiger partial charge in [0.15, 0.2) is 0 Å². The summed E-state index contributed by atoms with van der Waals surface area (Å²) in [6.07, 6.45) is 0. The van der Waals surface area contributed by atoms with E-state index in [2.05, 4.69) is 19.3 Å². The molecule has 0 aromatic heterocycles. The maximum atomic E-state index is 10.8. The normalized spacial score (nSPS) is 10.6. The summed E-state index contributed by atoms with van der Waals surface area (Å²) in [6, 6.07) is 5.07. The predicted octanol–water partition coefficient (Wildman–Crippen LogP) is 2.77. The molecule has 0 saturated carbocycles. The number of benzene rings is 1. The van der Waals surface area contributed by atoms with Crippen molar-refractivity contribution in [2.24, 2.45) is 11.8 Å². The van der Waals surface area contributed by atoms with Gasteiger partial charge in [0.05, 0.1) is 4.92 Å². The minimum atomic E-state index is -0.425. The Labute approximate surface area is 105 Å². The number of hydrogen-bond acceptors (Lipinski definition) is 5. The van der Waals surface area contributed by atoms with E-state index in [4.69, 9.17) is 5.84 Å². The highest BCUT2D eigenvalue weighted by atomic mass is 32.2. The Balaban J connectivity index is 2.74. The third kappa shape index (κ3) is 4.24. The van der Waals surface area contributed by atoms with Crippen molar-refractivity contribution < 1.29 is 4.92 Å². The first-order valence-electron chi connectivity index (χ1n) is 5.36. The number of nitrogens with one attached hydrogen (secondary N) is 1. The molecule has 0 fully saturated rings. The van der Waals surface area contributed by atoms with Crippen LogP contribution in [-0.4, -0.2) is 10.7 Å². The second-order valence-electron chi connectivity index (χ2n) is 4.16. The highest BCUT2D eigenvalue weighted by molar-refractivity contribution is 7.98. The molecule has 0 aliphatic heterocycles. The number of rotatable bonds is 6. The van der Waals surface area contributed by atoms with Gasteiger partial charge in [-0.05, 0) is 23.3 Å². The second kappa shape index (κ2) is 6.46. The van der Waals surface area contributed by atoms with Crippen molar-refractivity contribution in [1.29, 1.82) is 0 Å². The Kier molecular flexibility index (Phi) is 5.24. The van der Waals surface area contributed by atoms with Gasteiger partial charge in [0.2, 0.25) is 0 Å². The van der Waals surface area contributed by atoms with Crippen LogP contribution in [0.3, 0.4) is 0 Å². The van der Waals surface area contributed by atoms with Gasteiger partial charge in [-0.3, -0.25) is 16.0 Å². The van der Waals surface area contributed by atoms with E-state index in [0.717, 1.165) is 17.1 Å². The van der Waals surface area contributed by atoms with Crippen molar-refractivity contribution in [3.8, 4) is 0 Å². The maximum Gasteiger partial charge on any atom is 0.293 e. The number of hydrazine groups is 1. The first kappa shape index (κ1) is 13.8. The molecule has 0 unspecified atom stereocenters. The van der Waals surface area contributed by atoms with Crippen molar-refractivity contribution in [3.05, 3.63) is 33.9 Å². The highest BCUT2D eigenvalue weighted by Crippen LogP contribution is 2.26. The van der Waals surface area contributed by atoms with Gasteiger partial charge in [-0.1, -0.05) is 19.9 Å². The van der Waals surface area contributed by atoms with Crippen molar-refractivity contribution >= 4 is 23.1 Å². The van der Waals surface area contributed by atoms with E-state index in [1.54, 1.807) is 23.9 Å². The van der Waals surface area contributed by atoms with Gasteiger partial charge < -0.3 is 5.43 Å². The van der Waals surface area contributed by atoms with Crippen molar-refractivity contribution in [2.75, 3.05) is 11.2 Å². The number of nitro groups is 1. The smallest absolute Gasteiger partial charge is 0.293 e. The van der Waals surface area contributed by atoms with E-state index in [-0.39, 0.29) is 5.69 Å². The number of nitro benzene ring substituents is 1. The zero-order valence-corrected chi connectivity index (χ0v) is 10.8. The molecule has 3 N–H and O–H groups in total. The zero-order chi connectivity index (χ0) is 12.8. The number of nitrogens with zero attached hydrogens (tertiary/aromatic N) is 1. The van der Waals surface area contributed by atoms with Crippen molar-refractivity contribution in [2.45, 2.75) is 19.6 Å². The minimum Gasteiger partial charge on any atom is -0.318 e. The molecule has 0 amide bonds. The van der Waals surface area contributed by atoms with Crippen LogP contribution in [0.2, 0.25) is 0 Å². The molecule has 0 aliphatic carbocycles. The number of hydrogen-bond donors (Lipinski definition) is 2. The highest BCUT2D eigenvalue weighted by Gasteiger charge is 2.13. The molecule has 0 heterocycles. The molecule has 0 radical (unpaired) electrons. The van der Waals surface area contributed by atoms with E-state index in [9.17, 15) is 10.1 Å². The van der Waals surface area contributed by atoms with Crippen LogP contribution in [0.1, 0.15) is 19.4 Å². The summed E-state index contributed by atoms with van der Waals surface area (Å²) in [6.45, 7) is 4.30. The summed E-state index contributed by atoms with van der Waals surface area (Å²) in [5.74, 6) is 7.67. The predicted molar refractivity (Wildman–Crippen MR) is 71.9 cm³/mol. The molecular weight excluding hydrogens is 238 g/mol. The van der Waals surface area contributed by atoms with Crippen LogP contribution in [0.15, 0.2) is 18.2 Å². The lowest BCUT2D eigenvalue weighted by atomic mass is 10.2. The quantitative estimate of drug-likeness (QED) is 0.464. The van der Waals surface area contributed by atoms with Gasteiger partial charge in [-0.15, -0.1) is 0 Å². The van der Waals surface area contributed by atoms with Crippen LogP contribution in [0.25, 0.3) is 0 Å². The van der Waals surface area contributed by atoms with Gasteiger partial charge in [0.1, 0.15) is 5.69 Å². The zero-order valence-electron chi connectivity index (χ0n) is 9.97. The number of nitrogens with two attached hydrogens (primary N) is 1. The summed E-state index contributed by atoms with van der Waals surface area (Å²) in [4.78, 5) is 10.4. The standard InChI is InChI=1S/C11H17N3O2S/c1-8(2)6-17-7-9-3-4-10(13-12)11(5-9)14(15)16/h3-5,8,13H,6-7,12H2,1-2H3. The lowest BCUT2D eigenvalue weighted by Crippen LogP contribution is -2.09. The van der Waals surface area contributed by atoms with E-state index < -0.39 is 4.92 Å². The largest absolute Gasteiger partial charge is 0.318 e. The van der Waals surface area contributed by atoms with Crippen LogP contribution >= 0.6 is 11.8 Å². The maximum absolute atomic E-state index is 10.8. The lowest BCUT2D eigenvalue weighted by Gasteiger charge is -2.06. The Morgan fingerprint density at radius 1 is 1.53 bits per heavy atom. The SMILES string of the molecule is CC(C)CSCc1ccc(NN)c([N+](=O)[O-])c1. The fourth-order valence-electron chi connectivity index (χ4n) is 1.35. The minimum absolute atomic E-state index is 0.0233. The summed E-state index contributed by atoms with van der Waals surface area (Å²) in [5.41, 5.74) is 3.64. The average Bonchev–Trinajstić information content (AvgIpc) is 2.28. The molecule has 17 heavy (non-hydrogen) atoms. The van der Waals surface area contributed by atoms with Crippen LogP contribution in [0.4, 0.5) is 11.4 Å². The van der Waals surface area contributed by atoms with Gasteiger partial charge in [0.25, 0.3) is 5.69 Å². The molecule has 5 nitrogen and oxygen atoms in total. The van der Waals surface area contributed by atoms with Gasteiger partial charge in [-0.25, -0.2) is 0 Å². The summed E-state index contributed by atoms with van der Waals surface area (Å²) < 4.78 is 0. The third-order valence-corrected chi connectivity index (χ3v) is 3.57. The molecule has 1 aromatic rings. The third-order valence-electron chi connectivity index (χ3n) is 2.13. The first-order valence-corrected chi connectivity index (χ1v) is 6.51. The second-order valence-corrected chi connectivity index (χ2v) is 5.19. The average molecular weight is 255 g/mol. The number of thioether (sulfide) groups is 1. The van der Waals surface area contributed by atoms with Crippen molar-refractivity contribution in [1.82, 2.24) is 0 Å². The molecule has 1 aromatic carbocycles. The van der Waals surface area contributed by atoms with Crippen LogP contribution in [0, 0.1) is 16.0 Å². The van der Waals surface area contributed by atoms with E-state index in [1.807, 2.05) is 6.07 Å².